The number of nitrogens with zero attached hydrogens (tertiary/aromatic N) is 2. The smallest absolute Gasteiger partial charge is 0.328 e. The lowest BCUT2D eigenvalue weighted by Crippen LogP contribution is -2.49. The first kappa shape index (κ1) is 12.4. The van der Waals surface area contributed by atoms with Crippen LogP contribution in [0.3, 0.4) is 0 Å². The van der Waals surface area contributed by atoms with Gasteiger partial charge in [0.1, 0.15) is 5.78 Å². The van der Waals surface area contributed by atoms with Gasteiger partial charge >= 0.3 is 7.48 Å². The molecule has 0 aromatic carbocycles. The fraction of sp³-hybridized carbons (Fsp3) is 0.462. The third-order valence-electron chi connectivity index (χ3n) is 3.93. The summed E-state index contributed by atoms with van der Waals surface area (Å²) in [6.45, 7) is 3.67. The second kappa shape index (κ2) is 3.90. The minimum Gasteiger partial charge on any atom is -0.450 e. The Morgan fingerprint density at radius 2 is 2.11 bits per heavy atom. The van der Waals surface area contributed by atoms with Crippen LogP contribution in [0.2, 0.25) is 0 Å². The van der Waals surface area contributed by atoms with E-state index in [0.717, 1.165) is 13.2 Å². The second-order valence-corrected chi connectivity index (χ2v) is 5.67. The average molecular weight is 257 g/mol. The molecule has 1 saturated carbocycles. The Morgan fingerprint density at radius 1 is 1.42 bits per heavy atom. The largest absolute Gasteiger partial charge is 0.450 e. The van der Waals surface area contributed by atoms with Crippen LogP contribution in [0.25, 0.3) is 0 Å². The predicted molar refractivity (Wildman–Crippen MR) is 70.4 cm³/mol. The van der Waals surface area contributed by atoms with Crippen molar-refractivity contribution in [2.75, 3.05) is 4.90 Å². The molecule has 1 aromatic heterocycles. The highest BCUT2D eigenvalue weighted by Crippen LogP contribution is 2.43. The monoisotopic (exact) mass is 257 g/mol. The van der Waals surface area contributed by atoms with Crippen molar-refractivity contribution in [3.05, 3.63) is 18.0 Å². The van der Waals surface area contributed by atoms with E-state index in [-0.39, 0.29) is 17.7 Å². The lowest BCUT2D eigenvalue weighted by atomic mass is 9.87. The van der Waals surface area contributed by atoms with Crippen molar-refractivity contribution in [2.45, 2.75) is 38.1 Å². The van der Waals surface area contributed by atoms with Crippen LogP contribution < -0.4 is 10.4 Å². The summed E-state index contributed by atoms with van der Waals surface area (Å²) in [6, 6.07) is 1.69. The van der Waals surface area contributed by atoms with Crippen LogP contribution in [0.1, 0.15) is 32.4 Å². The van der Waals surface area contributed by atoms with Crippen molar-refractivity contribution in [3.8, 4) is 0 Å². The molecule has 0 atom stereocenters. The normalized spacial score (nSPS) is 21.3. The highest BCUT2D eigenvalue weighted by molar-refractivity contribution is 6.45. The van der Waals surface area contributed by atoms with Gasteiger partial charge in [0.15, 0.2) is 0 Å². The van der Waals surface area contributed by atoms with E-state index in [4.69, 9.17) is 5.02 Å². The minimum absolute atomic E-state index is 0.0254. The molecule has 1 aliphatic heterocycles. The summed E-state index contributed by atoms with van der Waals surface area (Å²) in [4.78, 5) is 29.7. The van der Waals surface area contributed by atoms with Crippen molar-refractivity contribution in [3.63, 3.8) is 0 Å². The van der Waals surface area contributed by atoms with Crippen LogP contribution in [-0.2, 0) is 15.0 Å². The molecule has 1 N–H and O–H groups in total. The predicted octanol–water partition coefficient (Wildman–Crippen LogP) is -0.326. The third kappa shape index (κ3) is 1.63. The van der Waals surface area contributed by atoms with Gasteiger partial charge in [-0.05, 0) is 25.4 Å². The van der Waals surface area contributed by atoms with Crippen molar-refractivity contribution >= 4 is 30.3 Å². The van der Waals surface area contributed by atoms with Crippen molar-refractivity contribution < 1.29 is 14.6 Å². The molecule has 2 aliphatic rings. The molecule has 0 saturated heterocycles. The molecule has 0 bridgehead atoms. The van der Waals surface area contributed by atoms with Gasteiger partial charge in [0, 0.05) is 19.0 Å². The minimum atomic E-state index is -0.679. The number of rotatable bonds is 2. The summed E-state index contributed by atoms with van der Waals surface area (Å²) in [5, 5.41) is 9.08. The SMILES string of the molecule is CC1(C)C(=O)N(C2CC(=O)C2)c2cc([B]O)cnc21. The molecule has 1 fully saturated rings. The fourth-order valence-corrected chi connectivity index (χ4v) is 2.73. The maximum Gasteiger partial charge on any atom is 0.328 e. The van der Waals surface area contributed by atoms with Crippen LogP contribution in [0.5, 0.6) is 0 Å². The van der Waals surface area contributed by atoms with Gasteiger partial charge in [-0.2, -0.15) is 0 Å². The first-order valence-electron chi connectivity index (χ1n) is 6.28. The molecule has 2 heterocycles. The van der Waals surface area contributed by atoms with E-state index >= 15 is 0 Å². The molecule has 0 spiro atoms. The third-order valence-corrected chi connectivity index (χ3v) is 3.93. The number of fused-ring (bicyclic) bond motifs is 1. The zero-order chi connectivity index (χ0) is 13.8. The van der Waals surface area contributed by atoms with Gasteiger partial charge in [0.25, 0.3) is 0 Å². The molecule has 19 heavy (non-hydrogen) atoms. The van der Waals surface area contributed by atoms with Gasteiger partial charge in [-0.3, -0.25) is 14.6 Å². The van der Waals surface area contributed by atoms with E-state index in [2.05, 4.69) is 4.98 Å². The molecule has 97 valence electrons. The topological polar surface area (TPSA) is 70.5 Å². The van der Waals surface area contributed by atoms with E-state index in [1.807, 2.05) is 13.8 Å². The number of ketones is 1. The first-order valence-corrected chi connectivity index (χ1v) is 6.28. The van der Waals surface area contributed by atoms with Crippen molar-refractivity contribution in [1.29, 1.82) is 0 Å². The Bertz CT molecular complexity index is 577. The zero-order valence-corrected chi connectivity index (χ0v) is 10.9. The standard InChI is InChI=1S/C13H14BN2O3/c1-13(2)11-10(3-7(14-19)6-15-11)16(12(13)18)8-4-9(17)5-8/h3,6,8,19H,4-5H2,1-2H3. The van der Waals surface area contributed by atoms with Crippen LogP contribution in [-0.4, -0.2) is 35.2 Å². The van der Waals surface area contributed by atoms with E-state index in [9.17, 15) is 9.59 Å². The highest BCUT2D eigenvalue weighted by Gasteiger charge is 2.50. The van der Waals surface area contributed by atoms with Crippen LogP contribution in [0.15, 0.2) is 12.3 Å². The molecule has 1 aliphatic carbocycles. The van der Waals surface area contributed by atoms with Gasteiger partial charge in [0.2, 0.25) is 5.91 Å². The number of carbonyl (C=O) groups is 2. The Labute approximate surface area is 111 Å². The average Bonchev–Trinajstić information content (AvgIpc) is 2.54. The Kier molecular flexibility index (Phi) is 2.54. The van der Waals surface area contributed by atoms with Gasteiger partial charge in [-0.15, -0.1) is 0 Å². The number of anilines is 1. The van der Waals surface area contributed by atoms with Crippen LogP contribution in [0.4, 0.5) is 5.69 Å². The Morgan fingerprint density at radius 3 is 2.68 bits per heavy atom. The number of Topliss-reactive ketones (excluding diaryl/α,β-unsaturated/α-hetero) is 1. The molecule has 5 nitrogen and oxygen atoms in total. The Balaban J connectivity index is 2.08. The number of hydrogen-bond acceptors (Lipinski definition) is 4. The number of carbonyl (C=O) groups excluding carboxylic acids is 2. The second-order valence-electron chi connectivity index (χ2n) is 5.67. The van der Waals surface area contributed by atoms with Crippen LogP contribution in [0, 0.1) is 0 Å². The quantitative estimate of drug-likeness (QED) is 0.737. The number of aromatic nitrogens is 1. The molecular formula is C13H14BN2O3. The van der Waals surface area contributed by atoms with Gasteiger partial charge in [0.05, 0.1) is 22.8 Å². The lowest BCUT2D eigenvalue weighted by molar-refractivity contribution is -0.127. The summed E-state index contributed by atoms with van der Waals surface area (Å²) < 4.78 is 0. The van der Waals surface area contributed by atoms with Crippen molar-refractivity contribution in [1.82, 2.24) is 4.98 Å². The van der Waals surface area contributed by atoms with Crippen LogP contribution >= 0.6 is 0 Å². The first-order chi connectivity index (χ1) is 8.95. The molecule has 1 radical (unpaired) electrons. The fourth-order valence-electron chi connectivity index (χ4n) is 2.73. The summed E-state index contributed by atoms with van der Waals surface area (Å²) >= 11 is 0. The maximum absolute atomic E-state index is 12.5. The van der Waals surface area contributed by atoms with E-state index < -0.39 is 5.41 Å². The molecule has 0 unspecified atom stereocenters. The van der Waals surface area contributed by atoms with E-state index in [1.165, 1.54) is 0 Å². The van der Waals surface area contributed by atoms with Gasteiger partial charge in [-0.25, -0.2) is 0 Å². The lowest BCUT2D eigenvalue weighted by Gasteiger charge is -2.34. The molecule has 1 amide bonds. The van der Waals surface area contributed by atoms with Crippen molar-refractivity contribution in [2.24, 2.45) is 0 Å². The highest BCUT2D eigenvalue weighted by atomic mass is 16.2. The Hall–Kier alpha value is -1.69. The van der Waals surface area contributed by atoms with E-state index in [1.54, 1.807) is 17.2 Å². The number of pyridine rings is 1. The molecule has 3 rings (SSSR count). The molecule has 6 heteroatoms. The molecule has 1 aromatic rings. The van der Waals surface area contributed by atoms with Gasteiger partial charge < -0.3 is 9.92 Å². The zero-order valence-electron chi connectivity index (χ0n) is 10.9. The number of hydrogen-bond donors (Lipinski definition) is 1. The maximum atomic E-state index is 12.5. The summed E-state index contributed by atoms with van der Waals surface area (Å²) in [6.07, 6.45) is 2.37. The van der Waals surface area contributed by atoms with Gasteiger partial charge in [-0.1, -0.05) is 0 Å². The van der Waals surface area contributed by atoms with E-state index in [0.29, 0.717) is 24.0 Å². The number of amides is 1. The molecular weight excluding hydrogens is 243 g/mol. The summed E-state index contributed by atoms with van der Waals surface area (Å²) in [5.41, 5.74) is 1.31. The summed E-state index contributed by atoms with van der Waals surface area (Å²) in [7, 11) is 0.965. The summed E-state index contributed by atoms with van der Waals surface area (Å²) in [5.74, 6) is 0.157.